The number of allylic oxidation sites excluding steroid dienone is 4. The quantitative estimate of drug-likeness (QED) is 0.585. The van der Waals surface area contributed by atoms with Crippen molar-refractivity contribution < 1.29 is 0 Å². The lowest BCUT2D eigenvalue weighted by Crippen LogP contribution is -2.29. The molecule has 1 atom stereocenters. The maximum Gasteiger partial charge on any atom is 0.00693 e. The molecule has 0 aliphatic heterocycles. The van der Waals surface area contributed by atoms with E-state index in [0.717, 1.165) is 0 Å². The van der Waals surface area contributed by atoms with Gasteiger partial charge in [-0.3, -0.25) is 0 Å². The maximum absolute atomic E-state index is 2.46. The van der Waals surface area contributed by atoms with Gasteiger partial charge in [0.25, 0.3) is 0 Å². The zero-order valence-electron chi connectivity index (χ0n) is 11.9. The molecule has 1 unspecified atom stereocenters. The SMILES string of the molecule is CCC1=CC=C(C(C)C)C1C(C)(CC)CC. The molecule has 0 bridgehead atoms. The molecule has 0 aromatic rings. The fourth-order valence-corrected chi connectivity index (χ4v) is 2.97. The van der Waals surface area contributed by atoms with Crippen molar-refractivity contribution in [3.05, 3.63) is 23.3 Å². The van der Waals surface area contributed by atoms with Gasteiger partial charge in [0.15, 0.2) is 0 Å². The van der Waals surface area contributed by atoms with Crippen molar-refractivity contribution in [1.82, 2.24) is 0 Å². The molecule has 0 saturated heterocycles. The molecule has 0 radical (unpaired) electrons. The molecule has 0 amide bonds. The van der Waals surface area contributed by atoms with E-state index in [1.54, 1.807) is 11.1 Å². The molecule has 92 valence electrons. The van der Waals surface area contributed by atoms with Crippen molar-refractivity contribution >= 4 is 0 Å². The van der Waals surface area contributed by atoms with Gasteiger partial charge in [0, 0.05) is 5.92 Å². The van der Waals surface area contributed by atoms with Gasteiger partial charge in [-0.25, -0.2) is 0 Å². The average Bonchev–Trinajstić information content (AvgIpc) is 2.72. The summed E-state index contributed by atoms with van der Waals surface area (Å²) in [6, 6.07) is 0. The van der Waals surface area contributed by atoms with Gasteiger partial charge in [0.2, 0.25) is 0 Å². The zero-order chi connectivity index (χ0) is 12.3. The zero-order valence-corrected chi connectivity index (χ0v) is 11.9. The summed E-state index contributed by atoms with van der Waals surface area (Å²) < 4.78 is 0. The summed E-state index contributed by atoms with van der Waals surface area (Å²) in [5.74, 6) is 1.38. The minimum Gasteiger partial charge on any atom is -0.0648 e. The van der Waals surface area contributed by atoms with E-state index in [9.17, 15) is 0 Å². The van der Waals surface area contributed by atoms with E-state index in [4.69, 9.17) is 0 Å². The summed E-state index contributed by atoms with van der Waals surface area (Å²) in [4.78, 5) is 0. The van der Waals surface area contributed by atoms with Crippen molar-refractivity contribution in [2.75, 3.05) is 0 Å². The van der Waals surface area contributed by atoms with Crippen LogP contribution in [0.1, 0.15) is 60.8 Å². The van der Waals surface area contributed by atoms with Gasteiger partial charge in [-0.15, -0.1) is 0 Å². The lowest BCUT2D eigenvalue weighted by atomic mass is 9.66. The molecule has 1 aliphatic rings. The van der Waals surface area contributed by atoms with E-state index in [2.05, 4.69) is 53.7 Å². The molecule has 1 aliphatic carbocycles. The highest BCUT2D eigenvalue weighted by Crippen LogP contribution is 2.48. The van der Waals surface area contributed by atoms with E-state index < -0.39 is 0 Å². The van der Waals surface area contributed by atoms with Crippen LogP contribution in [0.3, 0.4) is 0 Å². The van der Waals surface area contributed by atoms with Gasteiger partial charge < -0.3 is 0 Å². The molecule has 0 spiro atoms. The molecule has 0 heterocycles. The fraction of sp³-hybridized carbons (Fsp3) is 0.750. The Morgan fingerprint density at radius 1 is 1.12 bits per heavy atom. The molecule has 0 aromatic carbocycles. The Morgan fingerprint density at radius 3 is 2.06 bits per heavy atom. The Hall–Kier alpha value is -0.520. The predicted molar refractivity (Wildman–Crippen MR) is 73.5 cm³/mol. The highest BCUT2D eigenvalue weighted by Gasteiger charge is 2.37. The second-order valence-electron chi connectivity index (χ2n) is 5.71. The number of hydrogen-bond acceptors (Lipinski definition) is 0. The summed E-state index contributed by atoms with van der Waals surface area (Å²) in [6.07, 6.45) is 8.51. The van der Waals surface area contributed by atoms with Crippen LogP contribution in [0.15, 0.2) is 23.3 Å². The van der Waals surface area contributed by atoms with E-state index >= 15 is 0 Å². The third-order valence-electron chi connectivity index (χ3n) is 4.58. The third kappa shape index (κ3) is 2.26. The minimum atomic E-state index is 0.453. The first-order valence-corrected chi connectivity index (χ1v) is 6.90. The summed E-state index contributed by atoms with van der Waals surface area (Å²) in [5, 5.41) is 0. The lowest BCUT2D eigenvalue weighted by Gasteiger charge is -2.39. The van der Waals surface area contributed by atoms with E-state index in [1.165, 1.54) is 19.3 Å². The molecule has 1 rings (SSSR count). The fourth-order valence-electron chi connectivity index (χ4n) is 2.97. The van der Waals surface area contributed by atoms with Crippen LogP contribution in [0.25, 0.3) is 0 Å². The van der Waals surface area contributed by atoms with E-state index in [-0.39, 0.29) is 0 Å². The minimum absolute atomic E-state index is 0.453. The smallest absolute Gasteiger partial charge is 0.00693 e. The summed E-state index contributed by atoms with van der Waals surface area (Å²) in [6.45, 7) is 14.1. The van der Waals surface area contributed by atoms with Crippen LogP contribution in [0.4, 0.5) is 0 Å². The Labute approximate surface area is 102 Å². The molecule has 0 aromatic heterocycles. The maximum atomic E-state index is 2.46. The lowest BCUT2D eigenvalue weighted by molar-refractivity contribution is 0.217. The second-order valence-corrected chi connectivity index (χ2v) is 5.71. The van der Waals surface area contributed by atoms with Gasteiger partial charge in [-0.2, -0.15) is 0 Å². The molecule has 0 nitrogen and oxygen atoms in total. The molecule has 16 heavy (non-hydrogen) atoms. The standard InChI is InChI=1S/C16H28/c1-7-13-10-11-14(12(4)5)15(13)16(6,8-2)9-3/h10-12,15H,7-9H2,1-6H3. The number of hydrogen-bond donors (Lipinski definition) is 0. The number of rotatable bonds is 5. The summed E-state index contributed by atoms with van der Waals surface area (Å²) >= 11 is 0. The first-order valence-electron chi connectivity index (χ1n) is 6.90. The van der Waals surface area contributed by atoms with Crippen LogP contribution in [-0.4, -0.2) is 0 Å². The van der Waals surface area contributed by atoms with Gasteiger partial charge in [-0.05, 0) is 30.6 Å². The van der Waals surface area contributed by atoms with Gasteiger partial charge in [0.05, 0.1) is 0 Å². The van der Waals surface area contributed by atoms with Crippen LogP contribution in [0.2, 0.25) is 0 Å². The van der Waals surface area contributed by atoms with Crippen molar-refractivity contribution in [2.45, 2.75) is 60.8 Å². The Morgan fingerprint density at radius 2 is 1.69 bits per heavy atom. The largest absolute Gasteiger partial charge is 0.0648 e. The van der Waals surface area contributed by atoms with Crippen LogP contribution in [0.5, 0.6) is 0 Å². The van der Waals surface area contributed by atoms with Crippen molar-refractivity contribution in [2.24, 2.45) is 17.3 Å². The topological polar surface area (TPSA) is 0 Å². The normalized spacial score (nSPS) is 21.3. The third-order valence-corrected chi connectivity index (χ3v) is 4.58. The van der Waals surface area contributed by atoms with Crippen LogP contribution < -0.4 is 0 Å². The highest BCUT2D eigenvalue weighted by atomic mass is 14.4. The van der Waals surface area contributed by atoms with Gasteiger partial charge in [0.1, 0.15) is 0 Å². The molecular weight excluding hydrogens is 192 g/mol. The summed E-state index contributed by atoms with van der Waals surface area (Å²) in [5.41, 5.74) is 3.76. The summed E-state index contributed by atoms with van der Waals surface area (Å²) in [7, 11) is 0. The Balaban J connectivity index is 3.05. The van der Waals surface area contributed by atoms with Crippen LogP contribution in [0, 0.1) is 17.3 Å². The first kappa shape index (κ1) is 13.5. The van der Waals surface area contributed by atoms with E-state index in [1.807, 2.05) is 0 Å². The molecule has 0 saturated carbocycles. The first-order chi connectivity index (χ1) is 7.50. The predicted octanol–water partition coefficient (Wildman–Crippen LogP) is 5.36. The van der Waals surface area contributed by atoms with Gasteiger partial charge in [-0.1, -0.05) is 64.8 Å². The van der Waals surface area contributed by atoms with Crippen molar-refractivity contribution in [3.63, 3.8) is 0 Å². The Kier molecular flexibility index (Phi) is 4.41. The molecule has 0 fully saturated rings. The highest BCUT2D eigenvalue weighted by molar-refractivity contribution is 5.37. The molecule has 0 heteroatoms. The second kappa shape index (κ2) is 5.21. The van der Waals surface area contributed by atoms with Crippen molar-refractivity contribution in [3.8, 4) is 0 Å². The van der Waals surface area contributed by atoms with Gasteiger partial charge >= 0.3 is 0 Å². The average molecular weight is 220 g/mol. The van der Waals surface area contributed by atoms with Crippen LogP contribution in [-0.2, 0) is 0 Å². The Bertz CT molecular complexity index is 287. The molecule has 0 N–H and O–H groups in total. The van der Waals surface area contributed by atoms with Crippen molar-refractivity contribution in [1.29, 1.82) is 0 Å². The molecular formula is C16H28. The monoisotopic (exact) mass is 220 g/mol. The van der Waals surface area contributed by atoms with E-state index in [0.29, 0.717) is 17.3 Å². The van der Waals surface area contributed by atoms with Crippen LogP contribution >= 0.6 is 0 Å².